The van der Waals surface area contributed by atoms with E-state index in [1.807, 2.05) is 13.8 Å². The van der Waals surface area contributed by atoms with Gasteiger partial charge in [-0.15, -0.1) is 0 Å². The molecule has 2 nitrogen and oxygen atoms in total. The zero-order valence-electron chi connectivity index (χ0n) is 11.6. The van der Waals surface area contributed by atoms with E-state index >= 15 is 0 Å². The van der Waals surface area contributed by atoms with Crippen LogP contribution in [0.5, 0.6) is 0 Å². The van der Waals surface area contributed by atoms with Crippen molar-refractivity contribution in [2.75, 3.05) is 0 Å². The molecule has 1 aliphatic rings. The van der Waals surface area contributed by atoms with Crippen LogP contribution in [0.25, 0.3) is 17.8 Å². The van der Waals surface area contributed by atoms with E-state index < -0.39 is 0 Å². The molecule has 1 aliphatic carbocycles. The van der Waals surface area contributed by atoms with Gasteiger partial charge in [-0.05, 0) is 31.9 Å². The number of allylic oxidation sites excluding steroid dienone is 2. The van der Waals surface area contributed by atoms with Gasteiger partial charge in [-0.2, -0.15) is 0 Å². The third-order valence-corrected chi connectivity index (χ3v) is 3.20. The molecule has 0 unspecified atom stereocenters. The highest BCUT2D eigenvalue weighted by Gasteiger charge is 2.10. The molecule has 2 heterocycles. The first-order valence-corrected chi connectivity index (χ1v) is 6.59. The van der Waals surface area contributed by atoms with Gasteiger partial charge in [0.15, 0.2) is 0 Å². The molecule has 0 radical (unpaired) electrons. The Kier molecular flexibility index (Phi) is 3.66. The van der Waals surface area contributed by atoms with Crippen LogP contribution in [0.1, 0.15) is 42.8 Å². The fraction of sp³-hybridized carbons (Fsp3) is 0.312. The molecule has 0 bridgehead atoms. The molecule has 2 aromatic heterocycles. The highest BCUT2D eigenvalue weighted by atomic mass is 15.0. The number of rotatable bonds is 0. The maximum atomic E-state index is 4.65. The first-order valence-electron chi connectivity index (χ1n) is 6.59. The molecule has 94 valence electrons. The average Bonchev–Trinajstić information content (AvgIpc) is 2.61. The van der Waals surface area contributed by atoms with Gasteiger partial charge in [0.05, 0.1) is 5.69 Å². The Balaban J connectivity index is 0.000000574. The van der Waals surface area contributed by atoms with Gasteiger partial charge < -0.3 is 4.40 Å². The van der Waals surface area contributed by atoms with Crippen LogP contribution < -0.4 is 0 Å². The van der Waals surface area contributed by atoms with Crippen molar-refractivity contribution < 1.29 is 0 Å². The Hall–Kier alpha value is -1.83. The number of pyridine rings is 1. The van der Waals surface area contributed by atoms with Crippen LogP contribution in [-0.2, 0) is 0 Å². The highest BCUT2D eigenvalue weighted by Crippen LogP contribution is 2.23. The van der Waals surface area contributed by atoms with Gasteiger partial charge in [0.2, 0.25) is 0 Å². The van der Waals surface area contributed by atoms with Gasteiger partial charge in [-0.1, -0.05) is 38.2 Å². The van der Waals surface area contributed by atoms with Crippen LogP contribution in [0.15, 0.2) is 24.4 Å². The number of aryl methyl sites for hydroxylation is 2. The van der Waals surface area contributed by atoms with Crippen LogP contribution in [0.4, 0.5) is 0 Å². The van der Waals surface area contributed by atoms with Crippen molar-refractivity contribution >= 4 is 17.8 Å². The predicted molar refractivity (Wildman–Crippen MR) is 78.7 cm³/mol. The van der Waals surface area contributed by atoms with Crippen LogP contribution in [0.2, 0.25) is 0 Å². The second-order valence-corrected chi connectivity index (χ2v) is 4.20. The molecule has 0 fully saturated rings. The van der Waals surface area contributed by atoms with Gasteiger partial charge in [0.25, 0.3) is 0 Å². The average molecular weight is 240 g/mol. The van der Waals surface area contributed by atoms with E-state index in [0.717, 1.165) is 17.8 Å². The number of hydrogen-bond donors (Lipinski definition) is 0. The summed E-state index contributed by atoms with van der Waals surface area (Å²) in [5, 5.41) is 0. The Morgan fingerprint density at radius 2 is 1.83 bits per heavy atom. The van der Waals surface area contributed by atoms with Crippen molar-refractivity contribution in [2.24, 2.45) is 0 Å². The summed E-state index contributed by atoms with van der Waals surface area (Å²) in [6.45, 7) is 8.17. The van der Waals surface area contributed by atoms with Gasteiger partial charge in [0.1, 0.15) is 5.65 Å². The van der Waals surface area contributed by atoms with E-state index in [9.17, 15) is 0 Å². The third-order valence-electron chi connectivity index (χ3n) is 3.20. The summed E-state index contributed by atoms with van der Waals surface area (Å²) in [4.78, 5) is 4.65. The molecule has 3 rings (SSSR count). The third kappa shape index (κ3) is 1.99. The molecule has 18 heavy (non-hydrogen) atoms. The van der Waals surface area contributed by atoms with Gasteiger partial charge in [0, 0.05) is 17.5 Å². The van der Waals surface area contributed by atoms with Gasteiger partial charge in [-0.3, -0.25) is 0 Å². The van der Waals surface area contributed by atoms with E-state index in [1.165, 1.54) is 16.8 Å². The predicted octanol–water partition coefficient (Wildman–Crippen LogP) is 4.41. The summed E-state index contributed by atoms with van der Waals surface area (Å²) in [7, 11) is 0. The fourth-order valence-electron chi connectivity index (χ4n) is 2.15. The lowest BCUT2D eigenvalue weighted by Gasteiger charge is -2.03. The molecular weight excluding hydrogens is 220 g/mol. The molecule has 2 heteroatoms. The normalized spacial score (nSPS) is 12.9. The quantitative estimate of drug-likeness (QED) is 0.667. The van der Waals surface area contributed by atoms with Crippen LogP contribution in [-0.4, -0.2) is 9.38 Å². The van der Waals surface area contributed by atoms with Crippen molar-refractivity contribution in [3.8, 4) is 0 Å². The Labute approximate surface area is 109 Å². The zero-order valence-corrected chi connectivity index (χ0v) is 11.6. The van der Waals surface area contributed by atoms with E-state index in [1.54, 1.807) is 0 Å². The van der Waals surface area contributed by atoms with Crippen molar-refractivity contribution in [2.45, 2.75) is 34.1 Å². The molecule has 0 atom stereocenters. The topological polar surface area (TPSA) is 17.3 Å². The van der Waals surface area contributed by atoms with E-state index in [4.69, 9.17) is 0 Å². The molecule has 0 N–H and O–H groups in total. The zero-order chi connectivity index (χ0) is 13.1. The maximum Gasteiger partial charge on any atom is 0.145 e. The van der Waals surface area contributed by atoms with Crippen molar-refractivity contribution in [1.29, 1.82) is 0 Å². The summed E-state index contributed by atoms with van der Waals surface area (Å²) >= 11 is 0. The minimum atomic E-state index is 1.000. The van der Waals surface area contributed by atoms with Gasteiger partial charge in [-0.25, -0.2) is 4.98 Å². The van der Waals surface area contributed by atoms with Crippen LogP contribution in [0, 0.1) is 13.8 Å². The molecular formula is C16H20N2. The SMILES string of the molecule is CC.Cc1nc2c3c(ccn2c1C)C=CCC=C3. The standard InChI is InChI=1S/C14H14N2.C2H6/c1-10-11(2)16-9-8-12-6-4-3-5-7-13(12)14(16)15-10;1-2/h4-9H,3H2,1-2H3;1-2H3. The van der Waals surface area contributed by atoms with Crippen LogP contribution >= 0.6 is 0 Å². The Morgan fingerprint density at radius 1 is 1.11 bits per heavy atom. The first-order chi connectivity index (χ1) is 8.77. The monoisotopic (exact) mass is 240 g/mol. The molecule has 0 saturated carbocycles. The molecule has 0 amide bonds. The smallest absolute Gasteiger partial charge is 0.145 e. The van der Waals surface area contributed by atoms with E-state index in [0.29, 0.717) is 0 Å². The molecule has 0 aliphatic heterocycles. The molecule has 0 aromatic carbocycles. The summed E-state index contributed by atoms with van der Waals surface area (Å²) < 4.78 is 2.16. The lowest BCUT2D eigenvalue weighted by Crippen LogP contribution is -1.92. The number of imidazole rings is 1. The number of aromatic nitrogens is 2. The summed E-state index contributed by atoms with van der Waals surface area (Å²) in [5.41, 5.74) is 5.88. The number of hydrogen-bond acceptors (Lipinski definition) is 1. The Bertz CT molecular complexity index is 616. The largest absolute Gasteiger partial charge is 0.304 e. The first kappa shape index (κ1) is 12.6. The fourth-order valence-corrected chi connectivity index (χ4v) is 2.15. The Morgan fingerprint density at radius 3 is 2.61 bits per heavy atom. The molecule has 0 spiro atoms. The second kappa shape index (κ2) is 5.21. The van der Waals surface area contributed by atoms with E-state index in [-0.39, 0.29) is 0 Å². The minimum Gasteiger partial charge on any atom is -0.304 e. The molecule has 2 aromatic rings. The highest BCUT2D eigenvalue weighted by molar-refractivity contribution is 5.77. The van der Waals surface area contributed by atoms with Gasteiger partial charge >= 0.3 is 0 Å². The minimum absolute atomic E-state index is 1.000. The number of nitrogens with zero attached hydrogens (tertiary/aromatic N) is 2. The summed E-state index contributed by atoms with van der Waals surface area (Å²) in [5.74, 6) is 0. The van der Waals surface area contributed by atoms with Crippen molar-refractivity contribution in [1.82, 2.24) is 9.38 Å². The molecule has 0 saturated heterocycles. The lowest BCUT2D eigenvalue weighted by atomic mass is 10.1. The summed E-state index contributed by atoms with van der Waals surface area (Å²) in [6.07, 6.45) is 11.8. The van der Waals surface area contributed by atoms with E-state index in [2.05, 4.69) is 59.8 Å². The second-order valence-electron chi connectivity index (χ2n) is 4.20. The van der Waals surface area contributed by atoms with Crippen LogP contribution in [0.3, 0.4) is 0 Å². The maximum absolute atomic E-state index is 4.65. The lowest BCUT2D eigenvalue weighted by molar-refractivity contribution is 1.09. The van der Waals surface area contributed by atoms with Crippen molar-refractivity contribution in [3.05, 3.63) is 46.9 Å². The number of fused-ring (bicyclic) bond motifs is 3. The van der Waals surface area contributed by atoms with Crippen molar-refractivity contribution in [3.63, 3.8) is 0 Å². The summed E-state index contributed by atoms with van der Waals surface area (Å²) in [6, 6.07) is 2.16.